The monoisotopic (exact) mass is 307 g/mol. The molecule has 1 heterocycles. The molecule has 4 heteroatoms. The Labute approximate surface area is 134 Å². The molecule has 0 radical (unpaired) electrons. The summed E-state index contributed by atoms with van der Waals surface area (Å²) < 4.78 is 14.3. The van der Waals surface area contributed by atoms with Crippen molar-refractivity contribution in [3.05, 3.63) is 71.2 Å². The lowest BCUT2D eigenvalue weighted by molar-refractivity contribution is 0.624. The third-order valence-corrected chi connectivity index (χ3v) is 4.14. The first kappa shape index (κ1) is 15.3. The summed E-state index contributed by atoms with van der Waals surface area (Å²) in [5.41, 5.74) is 3.13. The molecule has 1 aromatic heterocycles. The van der Waals surface area contributed by atoms with Crippen LogP contribution in [0.4, 0.5) is 4.39 Å². The van der Waals surface area contributed by atoms with Gasteiger partial charge < -0.3 is 10.3 Å². The highest BCUT2D eigenvalue weighted by molar-refractivity contribution is 5.81. The van der Waals surface area contributed by atoms with Gasteiger partial charge in [-0.05, 0) is 61.5 Å². The maximum atomic E-state index is 14.3. The van der Waals surface area contributed by atoms with Gasteiger partial charge in [-0.2, -0.15) is 5.26 Å². The quantitative estimate of drug-likeness (QED) is 0.750. The van der Waals surface area contributed by atoms with Crippen LogP contribution in [0.3, 0.4) is 0 Å². The maximum absolute atomic E-state index is 14.3. The number of rotatable bonds is 5. The van der Waals surface area contributed by atoms with E-state index in [2.05, 4.69) is 16.4 Å². The smallest absolute Gasteiger partial charge is 0.147 e. The van der Waals surface area contributed by atoms with Gasteiger partial charge in [0, 0.05) is 17.5 Å². The van der Waals surface area contributed by atoms with Crippen molar-refractivity contribution in [2.45, 2.75) is 12.3 Å². The largest absolute Gasteiger partial charge is 0.359 e. The highest BCUT2D eigenvalue weighted by Crippen LogP contribution is 2.31. The minimum atomic E-state index is -0.242. The fourth-order valence-corrected chi connectivity index (χ4v) is 2.99. The van der Waals surface area contributed by atoms with Crippen molar-refractivity contribution < 1.29 is 4.39 Å². The summed E-state index contributed by atoms with van der Waals surface area (Å²) in [7, 11) is 1.90. The van der Waals surface area contributed by atoms with E-state index < -0.39 is 0 Å². The Morgan fingerprint density at radius 3 is 2.87 bits per heavy atom. The summed E-state index contributed by atoms with van der Waals surface area (Å²) in [4.78, 5) is 2.92. The zero-order chi connectivity index (χ0) is 16.2. The molecule has 0 aliphatic carbocycles. The van der Waals surface area contributed by atoms with Crippen LogP contribution in [0.25, 0.3) is 10.9 Å². The SMILES string of the molecule is CNCCC(c1cccc(C#N)c1)c1cc(F)c2[nH]ccc2c1. The van der Waals surface area contributed by atoms with E-state index in [9.17, 15) is 4.39 Å². The first-order chi connectivity index (χ1) is 11.2. The van der Waals surface area contributed by atoms with E-state index in [1.165, 1.54) is 0 Å². The molecule has 116 valence electrons. The van der Waals surface area contributed by atoms with Crippen molar-refractivity contribution >= 4 is 10.9 Å². The van der Waals surface area contributed by atoms with Gasteiger partial charge in [-0.3, -0.25) is 0 Å². The Morgan fingerprint density at radius 2 is 2.09 bits per heavy atom. The molecule has 23 heavy (non-hydrogen) atoms. The Bertz CT molecular complexity index is 860. The fraction of sp³-hybridized carbons (Fsp3) is 0.211. The molecule has 0 spiro atoms. The first-order valence-corrected chi connectivity index (χ1v) is 7.64. The number of fused-ring (bicyclic) bond motifs is 1. The van der Waals surface area contributed by atoms with Crippen molar-refractivity contribution in [2.24, 2.45) is 0 Å². The highest BCUT2D eigenvalue weighted by atomic mass is 19.1. The van der Waals surface area contributed by atoms with Crippen molar-refractivity contribution in [1.29, 1.82) is 5.26 Å². The highest BCUT2D eigenvalue weighted by Gasteiger charge is 2.17. The number of aromatic nitrogens is 1. The zero-order valence-electron chi connectivity index (χ0n) is 12.9. The number of hydrogen-bond acceptors (Lipinski definition) is 2. The molecule has 0 saturated heterocycles. The number of nitrogens with one attached hydrogen (secondary N) is 2. The van der Waals surface area contributed by atoms with Gasteiger partial charge in [0.05, 0.1) is 17.1 Å². The van der Waals surface area contributed by atoms with Crippen LogP contribution >= 0.6 is 0 Å². The summed E-state index contributed by atoms with van der Waals surface area (Å²) >= 11 is 0. The van der Waals surface area contributed by atoms with Gasteiger partial charge in [0.15, 0.2) is 0 Å². The molecule has 0 bridgehead atoms. The lowest BCUT2D eigenvalue weighted by Gasteiger charge is -2.19. The van der Waals surface area contributed by atoms with Gasteiger partial charge in [0.25, 0.3) is 0 Å². The average molecular weight is 307 g/mol. The molecular weight excluding hydrogens is 289 g/mol. The number of nitrogens with zero attached hydrogens (tertiary/aromatic N) is 1. The van der Waals surface area contributed by atoms with Gasteiger partial charge >= 0.3 is 0 Å². The first-order valence-electron chi connectivity index (χ1n) is 7.64. The molecule has 0 aliphatic rings. The topological polar surface area (TPSA) is 51.6 Å². The zero-order valence-corrected chi connectivity index (χ0v) is 12.9. The van der Waals surface area contributed by atoms with Gasteiger partial charge in [-0.1, -0.05) is 12.1 Å². The van der Waals surface area contributed by atoms with E-state index in [-0.39, 0.29) is 11.7 Å². The molecule has 2 N–H and O–H groups in total. The minimum Gasteiger partial charge on any atom is -0.359 e. The van der Waals surface area contributed by atoms with Crippen molar-refractivity contribution in [2.75, 3.05) is 13.6 Å². The van der Waals surface area contributed by atoms with Gasteiger partial charge in [-0.25, -0.2) is 4.39 Å². The van der Waals surface area contributed by atoms with Gasteiger partial charge in [0.1, 0.15) is 5.82 Å². The van der Waals surface area contributed by atoms with Crippen LogP contribution < -0.4 is 5.32 Å². The summed E-state index contributed by atoms with van der Waals surface area (Å²) in [6.45, 7) is 0.814. The van der Waals surface area contributed by atoms with Crippen LogP contribution in [0, 0.1) is 17.1 Å². The van der Waals surface area contributed by atoms with Crippen LogP contribution in [0.15, 0.2) is 48.7 Å². The number of benzene rings is 2. The molecular formula is C19H18FN3. The lowest BCUT2D eigenvalue weighted by Crippen LogP contribution is -2.13. The normalized spacial score (nSPS) is 12.2. The molecule has 0 saturated carbocycles. The molecule has 3 rings (SSSR count). The van der Waals surface area contributed by atoms with Gasteiger partial charge in [-0.15, -0.1) is 0 Å². The summed E-state index contributed by atoms with van der Waals surface area (Å²) in [6.07, 6.45) is 2.58. The van der Waals surface area contributed by atoms with Crippen LogP contribution in [0.1, 0.15) is 29.0 Å². The van der Waals surface area contributed by atoms with E-state index in [1.54, 1.807) is 18.3 Å². The number of halogens is 1. The molecule has 3 aromatic rings. The van der Waals surface area contributed by atoms with E-state index in [1.807, 2.05) is 37.4 Å². The van der Waals surface area contributed by atoms with E-state index in [0.717, 1.165) is 29.5 Å². The Hall–Kier alpha value is -2.64. The molecule has 3 nitrogen and oxygen atoms in total. The summed E-state index contributed by atoms with van der Waals surface area (Å²) in [5.74, 6) is -0.196. The summed E-state index contributed by atoms with van der Waals surface area (Å²) in [5, 5.41) is 13.1. The molecule has 0 aliphatic heterocycles. The third-order valence-electron chi connectivity index (χ3n) is 4.14. The predicted octanol–water partition coefficient (Wildman–Crippen LogP) is 3.92. The van der Waals surface area contributed by atoms with Crippen molar-refractivity contribution in [3.63, 3.8) is 0 Å². The van der Waals surface area contributed by atoms with Crippen molar-refractivity contribution in [1.82, 2.24) is 10.3 Å². The second-order valence-electron chi connectivity index (χ2n) is 5.63. The number of H-pyrrole nitrogens is 1. The number of hydrogen-bond donors (Lipinski definition) is 2. The fourth-order valence-electron chi connectivity index (χ4n) is 2.99. The third kappa shape index (κ3) is 3.10. The Morgan fingerprint density at radius 1 is 1.22 bits per heavy atom. The summed E-state index contributed by atoms with van der Waals surface area (Å²) in [6, 6.07) is 15.2. The minimum absolute atomic E-state index is 0.0459. The molecule has 0 fully saturated rings. The Kier molecular flexibility index (Phi) is 4.40. The molecule has 0 amide bonds. The van der Waals surface area contributed by atoms with Crippen molar-refractivity contribution in [3.8, 4) is 6.07 Å². The predicted molar refractivity (Wildman–Crippen MR) is 89.8 cm³/mol. The number of aromatic amines is 1. The van der Waals surface area contributed by atoms with Crippen LogP contribution in [-0.2, 0) is 0 Å². The molecule has 1 unspecified atom stereocenters. The van der Waals surface area contributed by atoms with Crippen LogP contribution in [0.2, 0.25) is 0 Å². The second kappa shape index (κ2) is 6.64. The average Bonchev–Trinajstić information content (AvgIpc) is 3.05. The lowest BCUT2D eigenvalue weighted by atomic mass is 9.87. The Balaban J connectivity index is 2.08. The van der Waals surface area contributed by atoms with E-state index in [0.29, 0.717) is 11.1 Å². The molecule has 2 aromatic carbocycles. The second-order valence-corrected chi connectivity index (χ2v) is 5.63. The van der Waals surface area contributed by atoms with Crippen LogP contribution in [-0.4, -0.2) is 18.6 Å². The van der Waals surface area contributed by atoms with Crippen LogP contribution in [0.5, 0.6) is 0 Å². The standard InChI is InChI=1S/C19H18FN3/c1-22-7-6-17(14-4-2-3-13(9-14)12-21)16-10-15-5-8-23-19(15)18(20)11-16/h2-5,8-11,17,22-23H,6-7H2,1H3. The van der Waals surface area contributed by atoms with E-state index in [4.69, 9.17) is 5.26 Å². The number of nitriles is 1. The maximum Gasteiger partial charge on any atom is 0.147 e. The van der Waals surface area contributed by atoms with Gasteiger partial charge in [0.2, 0.25) is 0 Å². The molecule has 1 atom stereocenters. The van der Waals surface area contributed by atoms with E-state index >= 15 is 0 Å².